The molecule has 4 nitrogen and oxygen atoms in total. The van der Waals surface area contributed by atoms with Gasteiger partial charge in [-0.3, -0.25) is 9.80 Å². The number of aromatic carboxylic acids is 1. The van der Waals surface area contributed by atoms with Crippen molar-refractivity contribution in [3.63, 3.8) is 0 Å². The highest BCUT2D eigenvalue weighted by Crippen LogP contribution is 2.20. The van der Waals surface area contributed by atoms with E-state index in [2.05, 4.69) is 23.6 Å². The molecule has 0 unspecified atom stereocenters. The molecule has 5 heteroatoms. The van der Waals surface area contributed by atoms with Crippen LogP contribution in [0.15, 0.2) is 18.2 Å². The zero-order valence-electron chi connectivity index (χ0n) is 12.0. The predicted octanol–water partition coefficient (Wildman–Crippen LogP) is 2.56. The van der Waals surface area contributed by atoms with Crippen LogP contribution in [-0.4, -0.2) is 53.1 Å². The second-order valence-electron chi connectivity index (χ2n) is 5.52. The summed E-state index contributed by atoms with van der Waals surface area (Å²) in [4.78, 5) is 15.7. The smallest absolute Gasteiger partial charge is 0.335 e. The molecule has 0 bridgehead atoms. The van der Waals surface area contributed by atoms with Gasteiger partial charge in [0.1, 0.15) is 0 Å². The van der Waals surface area contributed by atoms with Crippen molar-refractivity contribution in [2.45, 2.75) is 26.4 Å². The van der Waals surface area contributed by atoms with E-state index in [1.807, 2.05) is 6.07 Å². The van der Waals surface area contributed by atoms with Crippen LogP contribution < -0.4 is 0 Å². The first-order chi connectivity index (χ1) is 9.47. The fourth-order valence-electron chi connectivity index (χ4n) is 2.49. The summed E-state index contributed by atoms with van der Waals surface area (Å²) in [6, 6.07) is 5.56. The van der Waals surface area contributed by atoms with Gasteiger partial charge in [-0.15, -0.1) is 0 Å². The van der Waals surface area contributed by atoms with E-state index in [0.717, 1.165) is 38.3 Å². The number of carboxylic acid groups (broad SMARTS) is 1. The number of carbonyl (C=O) groups is 1. The van der Waals surface area contributed by atoms with Crippen molar-refractivity contribution in [3.8, 4) is 0 Å². The minimum atomic E-state index is -0.941. The lowest BCUT2D eigenvalue weighted by molar-refractivity contribution is 0.0697. The average molecular weight is 297 g/mol. The molecule has 0 amide bonds. The van der Waals surface area contributed by atoms with Gasteiger partial charge in [-0.1, -0.05) is 17.7 Å². The summed E-state index contributed by atoms with van der Waals surface area (Å²) >= 11 is 6.17. The van der Waals surface area contributed by atoms with Crippen molar-refractivity contribution in [1.29, 1.82) is 0 Å². The fourth-order valence-corrected chi connectivity index (χ4v) is 2.73. The van der Waals surface area contributed by atoms with E-state index in [1.165, 1.54) is 6.07 Å². The maximum atomic E-state index is 10.9. The molecule has 0 atom stereocenters. The van der Waals surface area contributed by atoms with E-state index in [0.29, 0.717) is 11.1 Å². The first kappa shape index (κ1) is 15.3. The van der Waals surface area contributed by atoms with Gasteiger partial charge in [0.05, 0.1) is 5.56 Å². The molecule has 0 aromatic heterocycles. The van der Waals surface area contributed by atoms with E-state index in [4.69, 9.17) is 16.7 Å². The van der Waals surface area contributed by atoms with E-state index >= 15 is 0 Å². The third kappa shape index (κ3) is 3.72. The van der Waals surface area contributed by atoms with Gasteiger partial charge in [0.15, 0.2) is 0 Å². The fraction of sp³-hybridized carbons (Fsp3) is 0.533. The van der Waals surface area contributed by atoms with Crippen LogP contribution in [0, 0.1) is 0 Å². The van der Waals surface area contributed by atoms with Gasteiger partial charge in [0, 0.05) is 43.8 Å². The number of benzene rings is 1. The first-order valence-electron chi connectivity index (χ1n) is 6.95. The molecular formula is C15H21ClN2O2. The van der Waals surface area contributed by atoms with Gasteiger partial charge < -0.3 is 5.11 Å². The second kappa shape index (κ2) is 6.57. The van der Waals surface area contributed by atoms with Gasteiger partial charge in [0.2, 0.25) is 0 Å². The Morgan fingerprint density at radius 3 is 2.45 bits per heavy atom. The molecule has 1 saturated heterocycles. The zero-order valence-corrected chi connectivity index (χ0v) is 12.7. The zero-order chi connectivity index (χ0) is 14.7. The standard InChI is InChI=1S/C15H21ClN2O2/c1-11(2)18-7-5-17(6-8-18)10-13-4-3-12(15(19)20)9-14(13)16/h3-4,9,11H,5-8,10H2,1-2H3,(H,19,20). The third-order valence-electron chi connectivity index (χ3n) is 3.83. The molecule has 0 spiro atoms. The maximum absolute atomic E-state index is 10.9. The van der Waals surface area contributed by atoms with Gasteiger partial charge in [0.25, 0.3) is 0 Å². The molecule has 2 rings (SSSR count). The van der Waals surface area contributed by atoms with Gasteiger partial charge >= 0.3 is 5.97 Å². The van der Waals surface area contributed by atoms with Crippen molar-refractivity contribution in [3.05, 3.63) is 34.3 Å². The predicted molar refractivity (Wildman–Crippen MR) is 80.4 cm³/mol. The summed E-state index contributed by atoms with van der Waals surface area (Å²) in [6.45, 7) is 9.41. The molecule has 1 aromatic rings. The summed E-state index contributed by atoms with van der Waals surface area (Å²) in [7, 11) is 0. The van der Waals surface area contributed by atoms with Crippen LogP contribution in [0.1, 0.15) is 29.8 Å². The van der Waals surface area contributed by atoms with Crippen molar-refractivity contribution in [2.75, 3.05) is 26.2 Å². The van der Waals surface area contributed by atoms with Crippen LogP contribution >= 0.6 is 11.6 Å². The Morgan fingerprint density at radius 2 is 1.95 bits per heavy atom. The summed E-state index contributed by atoms with van der Waals surface area (Å²) < 4.78 is 0. The Morgan fingerprint density at radius 1 is 1.30 bits per heavy atom. The molecule has 1 fully saturated rings. The SMILES string of the molecule is CC(C)N1CCN(Cc2ccc(C(=O)O)cc2Cl)CC1. The van der Waals surface area contributed by atoms with Crippen LogP contribution in [0.5, 0.6) is 0 Å². The lowest BCUT2D eigenvalue weighted by Gasteiger charge is -2.37. The number of piperazine rings is 1. The number of carboxylic acids is 1. The van der Waals surface area contributed by atoms with E-state index < -0.39 is 5.97 Å². The second-order valence-corrected chi connectivity index (χ2v) is 5.92. The summed E-state index contributed by atoms with van der Waals surface area (Å²) in [6.07, 6.45) is 0. The molecule has 110 valence electrons. The number of hydrogen-bond acceptors (Lipinski definition) is 3. The number of rotatable bonds is 4. The van der Waals surface area contributed by atoms with Crippen LogP contribution in [0.4, 0.5) is 0 Å². The van der Waals surface area contributed by atoms with Crippen LogP contribution in [-0.2, 0) is 6.54 Å². The first-order valence-corrected chi connectivity index (χ1v) is 7.33. The highest BCUT2D eigenvalue weighted by Gasteiger charge is 2.19. The highest BCUT2D eigenvalue weighted by atomic mass is 35.5. The monoisotopic (exact) mass is 296 g/mol. The average Bonchev–Trinajstić information content (AvgIpc) is 2.41. The summed E-state index contributed by atoms with van der Waals surface area (Å²) in [5.74, 6) is -0.941. The minimum Gasteiger partial charge on any atom is -0.478 e. The van der Waals surface area contributed by atoms with Crippen molar-refractivity contribution in [1.82, 2.24) is 9.80 Å². The van der Waals surface area contributed by atoms with Crippen LogP contribution in [0.25, 0.3) is 0 Å². The van der Waals surface area contributed by atoms with Crippen molar-refractivity contribution in [2.24, 2.45) is 0 Å². The quantitative estimate of drug-likeness (QED) is 0.927. The normalized spacial score (nSPS) is 17.6. The molecule has 1 N–H and O–H groups in total. The highest BCUT2D eigenvalue weighted by molar-refractivity contribution is 6.31. The lowest BCUT2D eigenvalue weighted by Crippen LogP contribution is -2.48. The molecule has 1 aromatic carbocycles. The molecule has 1 heterocycles. The maximum Gasteiger partial charge on any atom is 0.335 e. The Labute approximate surface area is 124 Å². The molecule has 0 saturated carbocycles. The van der Waals surface area contributed by atoms with Crippen LogP contribution in [0.2, 0.25) is 5.02 Å². The van der Waals surface area contributed by atoms with E-state index in [9.17, 15) is 4.79 Å². The van der Waals surface area contributed by atoms with E-state index in [1.54, 1.807) is 6.07 Å². The minimum absolute atomic E-state index is 0.239. The largest absolute Gasteiger partial charge is 0.478 e. The number of hydrogen-bond donors (Lipinski definition) is 1. The van der Waals surface area contributed by atoms with Gasteiger partial charge in [-0.2, -0.15) is 0 Å². The van der Waals surface area contributed by atoms with Gasteiger partial charge in [-0.25, -0.2) is 4.79 Å². The molecule has 1 aliphatic rings. The Kier molecular flexibility index (Phi) is 5.02. The summed E-state index contributed by atoms with van der Waals surface area (Å²) in [5, 5.41) is 9.47. The molecular weight excluding hydrogens is 276 g/mol. The number of nitrogens with zero attached hydrogens (tertiary/aromatic N) is 2. The summed E-state index contributed by atoms with van der Waals surface area (Å²) in [5.41, 5.74) is 1.23. The Balaban J connectivity index is 1.96. The lowest BCUT2D eigenvalue weighted by atomic mass is 10.1. The molecule has 1 aliphatic heterocycles. The van der Waals surface area contributed by atoms with Crippen LogP contribution in [0.3, 0.4) is 0 Å². The van der Waals surface area contributed by atoms with Crippen molar-refractivity contribution >= 4 is 17.6 Å². The molecule has 0 radical (unpaired) electrons. The molecule has 20 heavy (non-hydrogen) atoms. The topological polar surface area (TPSA) is 43.8 Å². The Bertz CT molecular complexity index is 483. The van der Waals surface area contributed by atoms with Gasteiger partial charge in [-0.05, 0) is 31.5 Å². The van der Waals surface area contributed by atoms with E-state index in [-0.39, 0.29) is 5.56 Å². The number of halogens is 1. The third-order valence-corrected chi connectivity index (χ3v) is 4.18. The Hall–Kier alpha value is -1.10. The molecule has 0 aliphatic carbocycles. The van der Waals surface area contributed by atoms with Crippen molar-refractivity contribution < 1.29 is 9.90 Å².